The highest BCUT2D eigenvalue weighted by Gasteiger charge is 2.22. The first-order valence-corrected chi connectivity index (χ1v) is 9.52. The first-order chi connectivity index (χ1) is 12.2. The number of benzene rings is 1. The molecule has 5 heteroatoms. The van der Waals surface area contributed by atoms with Gasteiger partial charge < -0.3 is 5.32 Å². The molecule has 0 bridgehead atoms. The Bertz CT molecular complexity index is 905. The van der Waals surface area contributed by atoms with Gasteiger partial charge in [0.1, 0.15) is 5.69 Å². The number of pyridine rings is 1. The van der Waals surface area contributed by atoms with Crippen LogP contribution in [0.1, 0.15) is 27.9 Å². The van der Waals surface area contributed by atoms with Crippen molar-refractivity contribution >= 4 is 28.1 Å². The lowest BCUT2D eigenvalue weighted by atomic mass is 10.1. The zero-order valence-electron chi connectivity index (χ0n) is 14.2. The van der Waals surface area contributed by atoms with Crippen molar-refractivity contribution in [2.24, 2.45) is 0 Å². The third-order valence-corrected chi connectivity index (χ3v) is 5.87. The number of aromatic nitrogens is 1. The molecule has 4 nitrogen and oxygen atoms in total. The molecule has 1 aliphatic heterocycles. The maximum atomic E-state index is 12.4. The molecule has 2 aromatic heterocycles. The number of thiophene rings is 1. The van der Waals surface area contributed by atoms with Gasteiger partial charge in [-0.05, 0) is 42.5 Å². The molecule has 4 rings (SSSR count). The second-order valence-corrected chi connectivity index (χ2v) is 7.54. The molecular formula is C20H21N3OS. The predicted molar refractivity (Wildman–Crippen MR) is 102 cm³/mol. The summed E-state index contributed by atoms with van der Waals surface area (Å²) in [4.78, 5) is 20.8. The summed E-state index contributed by atoms with van der Waals surface area (Å²) in [6, 6.07) is 14.1. The van der Waals surface area contributed by atoms with Crippen LogP contribution in [-0.2, 0) is 13.0 Å². The number of carbonyl (C=O) groups is 1. The van der Waals surface area contributed by atoms with Gasteiger partial charge in [0.05, 0.1) is 5.52 Å². The average molecular weight is 351 g/mol. The molecule has 3 heterocycles. The molecule has 0 spiro atoms. The van der Waals surface area contributed by atoms with Gasteiger partial charge in [0.2, 0.25) is 0 Å². The molecule has 128 valence electrons. The van der Waals surface area contributed by atoms with Crippen LogP contribution >= 0.6 is 11.3 Å². The van der Waals surface area contributed by atoms with E-state index in [-0.39, 0.29) is 5.91 Å². The predicted octanol–water partition coefficient (Wildman–Crippen LogP) is 3.47. The fourth-order valence-electron chi connectivity index (χ4n) is 3.30. The van der Waals surface area contributed by atoms with E-state index in [9.17, 15) is 4.79 Å². The lowest BCUT2D eigenvalue weighted by molar-refractivity contribution is 0.0928. The number of fused-ring (bicyclic) bond motifs is 2. The largest absolute Gasteiger partial charge is 0.349 e. The second kappa shape index (κ2) is 6.94. The molecule has 3 aromatic rings. The van der Waals surface area contributed by atoms with Gasteiger partial charge >= 0.3 is 0 Å². The minimum absolute atomic E-state index is 0.106. The van der Waals surface area contributed by atoms with Crippen LogP contribution in [-0.4, -0.2) is 34.9 Å². The van der Waals surface area contributed by atoms with Crippen molar-refractivity contribution in [1.29, 1.82) is 0 Å². The first kappa shape index (κ1) is 16.2. The van der Waals surface area contributed by atoms with E-state index in [0.717, 1.165) is 30.4 Å². The minimum atomic E-state index is -0.106. The smallest absolute Gasteiger partial charge is 0.269 e. The van der Waals surface area contributed by atoms with Gasteiger partial charge in [0.25, 0.3) is 5.91 Å². The highest BCUT2D eigenvalue weighted by Crippen LogP contribution is 2.25. The Labute approximate surface area is 151 Å². The van der Waals surface area contributed by atoms with Crippen LogP contribution in [0.4, 0.5) is 0 Å². The molecule has 0 fully saturated rings. The lowest BCUT2D eigenvalue weighted by Gasteiger charge is -2.32. The Morgan fingerprint density at radius 1 is 1.28 bits per heavy atom. The summed E-state index contributed by atoms with van der Waals surface area (Å²) in [5, 5.41) is 6.26. The molecule has 0 saturated carbocycles. The Hall–Kier alpha value is -2.24. The normalized spacial score (nSPS) is 15.7. The number of para-hydroxylation sites is 1. The number of hydrogen-bond acceptors (Lipinski definition) is 4. The Balaban J connectivity index is 1.38. The molecule has 1 aliphatic rings. The summed E-state index contributed by atoms with van der Waals surface area (Å²) in [5.41, 5.74) is 2.76. The van der Waals surface area contributed by atoms with Crippen molar-refractivity contribution in [3.8, 4) is 0 Å². The summed E-state index contributed by atoms with van der Waals surface area (Å²) in [6.45, 7) is 4.83. The molecule has 1 N–H and O–H groups in total. The molecule has 0 unspecified atom stereocenters. The lowest BCUT2D eigenvalue weighted by Crippen LogP contribution is -2.44. The van der Waals surface area contributed by atoms with Crippen LogP contribution in [0.5, 0.6) is 0 Å². The quantitative estimate of drug-likeness (QED) is 0.783. The highest BCUT2D eigenvalue weighted by atomic mass is 32.1. The SMILES string of the molecule is C[C@H](CNC(=O)c1ccc2ccccc2n1)N1CCc2sccc2C1. The topological polar surface area (TPSA) is 45.2 Å². The molecule has 1 atom stereocenters. The van der Waals surface area contributed by atoms with Crippen molar-refractivity contribution < 1.29 is 4.79 Å². The fourth-order valence-corrected chi connectivity index (χ4v) is 4.19. The van der Waals surface area contributed by atoms with Crippen LogP contribution in [0.15, 0.2) is 47.8 Å². The van der Waals surface area contributed by atoms with E-state index < -0.39 is 0 Å². The van der Waals surface area contributed by atoms with E-state index in [1.807, 2.05) is 41.7 Å². The molecule has 1 aromatic carbocycles. The number of nitrogens with zero attached hydrogens (tertiary/aromatic N) is 2. The van der Waals surface area contributed by atoms with Crippen LogP contribution in [0, 0.1) is 0 Å². The first-order valence-electron chi connectivity index (χ1n) is 8.64. The third-order valence-electron chi connectivity index (χ3n) is 4.85. The minimum Gasteiger partial charge on any atom is -0.349 e. The monoisotopic (exact) mass is 351 g/mol. The fraction of sp³-hybridized carbons (Fsp3) is 0.300. The highest BCUT2D eigenvalue weighted by molar-refractivity contribution is 7.10. The van der Waals surface area contributed by atoms with Crippen molar-refractivity contribution in [2.45, 2.75) is 25.9 Å². The standard InChI is InChI=1S/C20H21N3OS/c1-14(23-10-8-19-16(13-23)9-11-25-19)12-21-20(24)18-7-6-15-4-2-3-5-17(15)22-18/h2-7,9,11,14H,8,10,12-13H2,1H3,(H,21,24)/t14-/m1/s1. The van der Waals surface area contributed by atoms with E-state index in [4.69, 9.17) is 0 Å². The average Bonchev–Trinajstić information content (AvgIpc) is 3.13. The molecule has 0 radical (unpaired) electrons. The van der Waals surface area contributed by atoms with Crippen LogP contribution < -0.4 is 5.32 Å². The van der Waals surface area contributed by atoms with Gasteiger partial charge in [-0.15, -0.1) is 11.3 Å². The van der Waals surface area contributed by atoms with Crippen LogP contribution in [0.2, 0.25) is 0 Å². The number of hydrogen-bond donors (Lipinski definition) is 1. The van der Waals surface area contributed by atoms with Crippen LogP contribution in [0.3, 0.4) is 0 Å². The van der Waals surface area contributed by atoms with Gasteiger partial charge in [0, 0.05) is 35.9 Å². The number of nitrogens with one attached hydrogen (secondary N) is 1. The van der Waals surface area contributed by atoms with Crippen molar-refractivity contribution in [2.75, 3.05) is 13.1 Å². The molecule has 1 amide bonds. The van der Waals surface area contributed by atoms with Crippen molar-refractivity contribution in [3.05, 3.63) is 64.0 Å². The maximum absolute atomic E-state index is 12.4. The summed E-state index contributed by atoms with van der Waals surface area (Å²) < 4.78 is 0. The Morgan fingerprint density at radius 2 is 2.16 bits per heavy atom. The number of amides is 1. The zero-order valence-corrected chi connectivity index (χ0v) is 15.1. The maximum Gasteiger partial charge on any atom is 0.269 e. The van der Waals surface area contributed by atoms with Gasteiger partial charge in [-0.25, -0.2) is 4.98 Å². The van der Waals surface area contributed by atoms with E-state index in [1.54, 1.807) is 6.07 Å². The van der Waals surface area contributed by atoms with E-state index in [1.165, 1.54) is 10.4 Å². The molecule has 25 heavy (non-hydrogen) atoms. The zero-order chi connectivity index (χ0) is 17.2. The van der Waals surface area contributed by atoms with Gasteiger partial charge in [0.15, 0.2) is 0 Å². The second-order valence-electron chi connectivity index (χ2n) is 6.54. The molecular weight excluding hydrogens is 330 g/mol. The van der Waals surface area contributed by atoms with Gasteiger partial charge in [-0.2, -0.15) is 0 Å². The number of rotatable bonds is 4. The summed E-state index contributed by atoms with van der Waals surface area (Å²) >= 11 is 1.85. The summed E-state index contributed by atoms with van der Waals surface area (Å²) in [6.07, 6.45) is 1.11. The third kappa shape index (κ3) is 3.43. The van der Waals surface area contributed by atoms with E-state index >= 15 is 0 Å². The number of carbonyl (C=O) groups excluding carboxylic acids is 1. The van der Waals surface area contributed by atoms with Crippen molar-refractivity contribution in [3.63, 3.8) is 0 Å². The van der Waals surface area contributed by atoms with E-state index in [2.05, 4.69) is 33.6 Å². The summed E-state index contributed by atoms with van der Waals surface area (Å²) in [5.74, 6) is -0.106. The molecule has 0 saturated heterocycles. The Morgan fingerprint density at radius 3 is 3.08 bits per heavy atom. The van der Waals surface area contributed by atoms with Crippen LogP contribution in [0.25, 0.3) is 10.9 Å². The van der Waals surface area contributed by atoms with E-state index in [0.29, 0.717) is 18.3 Å². The van der Waals surface area contributed by atoms with Crippen molar-refractivity contribution in [1.82, 2.24) is 15.2 Å². The molecule has 0 aliphatic carbocycles. The van der Waals surface area contributed by atoms with Gasteiger partial charge in [-0.1, -0.05) is 24.3 Å². The van der Waals surface area contributed by atoms with Gasteiger partial charge in [-0.3, -0.25) is 9.69 Å². The Kier molecular flexibility index (Phi) is 4.51. The summed E-state index contributed by atoms with van der Waals surface area (Å²) in [7, 11) is 0.